The smallest absolute Gasteiger partial charge is 0.228 e. The van der Waals surface area contributed by atoms with Gasteiger partial charge in [-0.1, -0.05) is 12.1 Å². The lowest BCUT2D eigenvalue weighted by molar-refractivity contribution is -0.117. The van der Waals surface area contributed by atoms with Gasteiger partial charge in [-0.05, 0) is 12.1 Å². The first-order chi connectivity index (χ1) is 9.29. The fourth-order valence-electron chi connectivity index (χ4n) is 2.32. The molecule has 3 rings (SSSR count). The molecule has 1 aromatic carbocycles. The van der Waals surface area contributed by atoms with Crippen LogP contribution in [0.15, 0.2) is 41.3 Å². The van der Waals surface area contributed by atoms with E-state index in [4.69, 9.17) is 10.8 Å². The van der Waals surface area contributed by atoms with Crippen molar-refractivity contribution in [3.63, 3.8) is 0 Å². The maximum Gasteiger partial charge on any atom is 0.228 e. The molecule has 2 aromatic rings. The summed E-state index contributed by atoms with van der Waals surface area (Å²) in [5.74, 6) is 3.33. The number of hydrogen-bond acceptors (Lipinski definition) is 3. The van der Waals surface area contributed by atoms with E-state index < -0.39 is 0 Å². The second-order valence-corrected chi connectivity index (χ2v) is 4.45. The number of carbonyl (C=O) groups excluding carboxylic acids is 1. The predicted molar refractivity (Wildman–Crippen MR) is 71.2 cm³/mol. The molecular weight excluding hydrogens is 240 g/mol. The van der Waals surface area contributed by atoms with E-state index in [-0.39, 0.29) is 11.8 Å². The van der Waals surface area contributed by atoms with E-state index in [0.717, 1.165) is 11.3 Å². The van der Waals surface area contributed by atoms with Crippen LogP contribution in [-0.2, 0) is 4.79 Å². The van der Waals surface area contributed by atoms with E-state index in [0.29, 0.717) is 18.7 Å². The van der Waals surface area contributed by atoms with Gasteiger partial charge in [0.15, 0.2) is 12.2 Å². The fourth-order valence-corrected chi connectivity index (χ4v) is 2.32. The van der Waals surface area contributed by atoms with E-state index in [1.165, 1.54) is 6.39 Å². The minimum atomic E-state index is -0.0183. The molecular formula is C15H12N2O2. The quantitative estimate of drug-likeness (QED) is 0.771. The highest BCUT2D eigenvalue weighted by atomic mass is 16.3. The highest BCUT2D eigenvalue weighted by Crippen LogP contribution is 2.34. The second-order valence-electron chi connectivity index (χ2n) is 4.45. The molecule has 1 aliphatic heterocycles. The van der Waals surface area contributed by atoms with Gasteiger partial charge in [0, 0.05) is 24.4 Å². The molecule has 0 aliphatic carbocycles. The van der Waals surface area contributed by atoms with Crippen molar-refractivity contribution in [1.82, 2.24) is 4.98 Å². The number of benzene rings is 1. The van der Waals surface area contributed by atoms with Crippen LogP contribution >= 0.6 is 0 Å². The van der Waals surface area contributed by atoms with Gasteiger partial charge in [0.05, 0.1) is 11.9 Å². The molecule has 0 radical (unpaired) electrons. The predicted octanol–water partition coefficient (Wildman–Crippen LogP) is 2.33. The number of terminal acetylenes is 1. The van der Waals surface area contributed by atoms with Crippen LogP contribution in [0.2, 0.25) is 0 Å². The third kappa shape index (κ3) is 2.00. The molecule has 4 heteroatoms. The summed E-state index contributed by atoms with van der Waals surface area (Å²) in [6, 6.07) is 7.60. The van der Waals surface area contributed by atoms with Crippen LogP contribution in [0.4, 0.5) is 5.69 Å². The standard InChI is InChI=1S/C15H12N2O2/c1-2-11-7-15(18)17(9-11)13-6-4-3-5-12(13)14-8-16-10-19-14/h1,3-6,8,10-11H,7,9H2. The van der Waals surface area contributed by atoms with Crippen molar-refractivity contribution in [3.8, 4) is 23.7 Å². The number of nitrogens with zero attached hydrogens (tertiary/aromatic N) is 2. The first kappa shape index (κ1) is 11.5. The van der Waals surface area contributed by atoms with Gasteiger partial charge >= 0.3 is 0 Å². The highest BCUT2D eigenvalue weighted by Gasteiger charge is 2.31. The van der Waals surface area contributed by atoms with Gasteiger partial charge in [0.1, 0.15) is 0 Å². The zero-order valence-corrected chi connectivity index (χ0v) is 10.2. The Labute approximate surface area is 111 Å². The van der Waals surface area contributed by atoms with Crippen LogP contribution in [0.1, 0.15) is 6.42 Å². The maximum absolute atomic E-state index is 12.0. The van der Waals surface area contributed by atoms with Gasteiger partial charge in [-0.15, -0.1) is 12.3 Å². The van der Waals surface area contributed by atoms with Crippen LogP contribution < -0.4 is 4.90 Å². The minimum absolute atomic E-state index is 0.0183. The zero-order chi connectivity index (χ0) is 13.2. The highest BCUT2D eigenvalue weighted by molar-refractivity contribution is 5.99. The van der Waals surface area contributed by atoms with E-state index >= 15 is 0 Å². The Balaban J connectivity index is 2.03. The third-order valence-electron chi connectivity index (χ3n) is 3.25. The number of amides is 1. The Morgan fingerprint density at radius 3 is 2.95 bits per heavy atom. The molecule has 1 amide bonds. The molecule has 0 spiro atoms. The Morgan fingerprint density at radius 2 is 2.26 bits per heavy atom. The average Bonchev–Trinajstić information content (AvgIpc) is 3.08. The molecule has 1 fully saturated rings. The Bertz CT molecular complexity index is 640. The van der Waals surface area contributed by atoms with Crippen molar-refractivity contribution >= 4 is 11.6 Å². The van der Waals surface area contributed by atoms with Gasteiger partial charge in [-0.3, -0.25) is 4.79 Å². The van der Waals surface area contributed by atoms with Crippen molar-refractivity contribution < 1.29 is 9.21 Å². The molecule has 1 unspecified atom stereocenters. The maximum atomic E-state index is 12.0. The van der Waals surface area contributed by atoms with Gasteiger partial charge in [0.25, 0.3) is 0 Å². The third-order valence-corrected chi connectivity index (χ3v) is 3.25. The number of oxazole rings is 1. The van der Waals surface area contributed by atoms with Crippen LogP contribution in [0.25, 0.3) is 11.3 Å². The summed E-state index contributed by atoms with van der Waals surface area (Å²) >= 11 is 0. The Kier molecular flexibility index (Phi) is 2.81. The van der Waals surface area contributed by atoms with Crippen molar-refractivity contribution in [3.05, 3.63) is 36.9 Å². The number of hydrogen-bond donors (Lipinski definition) is 0. The summed E-state index contributed by atoms with van der Waals surface area (Å²) in [4.78, 5) is 17.7. The topological polar surface area (TPSA) is 46.3 Å². The van der Waals surface area contributed by atoms with Gasteiger partial charge in [-0.25, -0.2) is 4.98 Å². The molecule has 1 atom stereocenters. The van der Waals surface area contributed by atoms with E-state index in [1.54, 1.807) is 11.1 Å². The summed E-state index contributed by atoms with van der Waals surface area (Å²) in [7, 11) is 0. The Morgan fingerprint density at radius 1 is 1.42 bits per heavy atom. The molecule has 0 N–H and O–H groups in total. The van der Waals surface area contributed by atoms with Crippen molar-refractivity contribution in [2.75, 3.05) is 11.4 Å². The molecule has 4 nitrogen and oxygen atoms in total. The summed E-state index contributed by atoms with van der Waals surface area (Å²) < 4.78 is 5.32. The van der Waals surface area contributed by atoms with E-state index in [2.05, 4.69) is 10.9 Å². The number of anilines is 1. The fraction of sp³-hybridized carbons (Fsp3) is 0.200. The van der Waals surface area contributed by atoms with Crippen molar-refractivity contribution in [1.29, 1.82) is 0 Å². The molecule has 1 aromatic heterocycles. The van der Waals surface area contributed by atoms with Gasteiger partial charge in [0.2, 0.25) is 5.91 Å². The molecule has 19 heavy (non-hydrogen) atoms. The number of rotatable bonds is 2. The lowest BCUT2D eigenvalue weighted by Gasteiger charge is -2.18. The van der Waals surface area contributed by atoms with Crippen LogP contribution in [0.3, 0.4) is 0 Å². The monoisotopic (exact) mass is 252 g/mol. The van der Waals surface area contributed by atoms with Crippen LogP contribution in [0, 0.1) is 18.3 Å². The van der Waals surface area contributed by atoms with Gasteiger partial charge in [-0.2, -0.15) is 0 Å². The van der Waals surface area contributed by atoms with Gasteiger partial charge < -0.3 is 9.32 Å². The molecule has 1 aliphatic rings. The summed E-state index contributed by atoms with van der Waals surface area (Å²) in [5.41, 5.74) is 1.67. The zero-order valence-electron chi connectivity index (χ0n) is 10.2. The van der Waals surface area contributed by atoms with E-state index in [1.807, 2.05) is 24.3 Å². The number of para-hydroxylation sites is 1. The first-order valence-electron chi connectivity index (χ1n) is 6.04. The summed E-state index contributed by atoms with van der Waals surface area (Å²) in [6.07, 6.45) is 8.83. The van der Waals surface area contributed by atoms with Crippen molar-refractivity contribution in [2.24, 2.45) is 5.92 Å². The lowest BCUT2D eigenvalue weighted by Crippen LogP contribution is -2.24. The van der Waals surface area contributed by atoms with E-state index in [9.17, 15) is 4.79 Å². The number of aromatic nitrogens is 1. The second kappa shape index (κ2) is 4.62. The minimum Gasteiger partial charge on any atom is -0.443 e. The number of carbonyl (C=O) groups is 1. The molecule has 1 saturated heterocycles. The SMILES string of the molecule is C#CC1CC(=O)N(c2ccccc2-c2cnco2)C1. The molecule has 94 valence electrons. The van der Waals surface area contributed by atoms with Crippen LogP contribution in [-0.4, -0.2) is 17.4 Å². The van der Waals surface area contributed by atoms with Crippen LogP contribution in [0.5, 0.6) is 0 Å². The lowest BCUT2D eigenvalue weighted by atomic mass is 10.1. The Hall–Kier alpha value is -2.54. The summed E-state index contributed by atoms with van der Waals surface area (Å²) in [6.45, 7) is 0.556. The normalized spacial score (nSPS) is 18.6. The largest absolute Gasteiger partial charge is 0.443 e. The summed E-state index contributed by atoms with van der Waals surface area (Å²) in [5, 5.41) is 0. The molecule has 0 saturated carbocycles. The average molecular weight is 252 g/mol. The first-order valence-corrected chi connectivity index (χ1v) is 6.04. The van der Waals surface area contributed by atoms with Crippen molar-refractivity contribution in [2.45, 2.75) is 6.42 Å². The molecule has 2 heterocycles. The molecule has 0 bridgehead atoms.